The van der Waals surface area contributed by atoms with Crippen LogP contribution in [0.2, 0.25) is 0 Å². The van der Waals surface area contributed by atoms with Crippen LogP contribution in [-0.4, -0.2) is 39.5 Å². The number of rotatable bonds is 9. The van der Waals surface area contributed by atoms with E-state index in [0.717, 1.165) is 5.56 Å². The number of hydrogen-bond donors (Lipinski definition) is 0. The normalized spacial score (nSPS) is 11.2. The lowest BCUT2D eigenvalue weighted by atomic mass is 10.2. The van der Waals surface area contributed by atoms with E-state index < -0.39 is 16.0 Å². The first-order chi connectivity index (χ1) is 15.4. The van der Waals surface area contributed by atoms with Gasteiger partial charge in [0.25, 0.3) is 0 Å². The fourth-order valence-corrected chi connectivity index (χ4v) is 4.40. The van der Waals surface area contributed by atoms with Crippen molar-refractivity contribution in [3.63, 3.8) is 0 Å². The molecule has 0 spiro atoms. The van der Waals surface area contributed by atoms with E-state index in [1.54, 1.807) is 24.3 Å². The number of carbonyl (C=O) groups is 1. The highest BCUT2D eigenvalue weighted by Crippen LogP contribution is 2.30. The first kappa shape index (κ1) is 23.3. The molecule has 0 bridgehead atoms. The van der Waals surface area contributed by atoms with Gasteiger partial charge in [-0.25, -0.2) is 13.2 Å². The van der Waals surface area contributed by atoms with E-state index in [4.69, 9.17) is 14.2 Å². The minimum Gasteiger partial charge on any atom is -0.495 e. The average molecular weight is 456 g/mol. The predicted molar refractivity (Wildman–Crippen MR) is 121 cm³/mol. The van der Waals surface area contributed by atoms with Crippen LogP contribution in [0, 0.1) is 0 Å². The van der Waals surface area contributed by atoms with Crippen LogP contribution < -0.4 is 14.2 Å². The third-order valence-corrected chi connectivity index (χ3v) is 6.51. The minimum absolute atomic E-state index is 0.0730. The fraction of sp³-hybridized carbons (Fsp3) is 0.208. The molecule has 7 nitrogen and oxygen atoms in total. The fourth-order valence-electron chi connectivity index (χ4n) is 3.07. The number of ether oxygens (including phenoxy) is 3. The van der Waals surface area contributed by atoms with Crippen molar-refractivity contribution >= 4 is 16.0 Å². The van der Waals surface area contributed by atoms with Crippen molar-refractivity contribution in [2.45, 2.75) is 18.4 Å². The van der Waals surface area contributed by atoms with Gasteiger partial charge in [-0.05, 0) is 42.8 Å². The summed E-state index contributed by atoms with van der Waals surface area (Å²) in [5.74, 6) is 0.103. The molecular formula is C24H25NO6S. The Morgan fingerprint density at radius 3 is 2.22 bits per heavy atom. The average Bonchev–Trinajstić information content (AvgIpc) is 2.80. The van der Waals surface area contributed by atoms with Gasteiger partial charge in [-0.1, -0.05) is 42.5 Å². The lowest BCUT2D eigenvalue weighted by Crippen LogP contribution is -2.27. The highest BCUT2D eigenvalue weighted by atomic mass is 32.2. The molecule has 0 unspecified atom stereocenters. The van der Waals surface area contributed by atoms with E-state index in [-0.39, 0.29) is 28.5 Å². The quantitative estimate of drug-likeness (QED) is 0.356. The number of para-hydroxylation sites is 2. The molecule has 8 heteroatoms. The van der Waals surface area contributed by atoms with E-state index in [1.807, 2.05) is 37.3 Å². The molecule has 0 amide bonds. The molecule has 168 valence electrons. The van der Waals surface area contributed by atoms with Gasteiger partial charge in [-0.15, -0.1) is 0 Å². The molecular weight excluding hydrogens is 430 g/mol. The number of hydrogen-bond acceptors (Lipinski definition) is 6. The van der Waals surface area contributed by atoms with E-state index in [9.17, 15) is 13.2 Å². The first-order valence-electron chi connectivity index (χ1n) is 9.99. The molecule has 0 aliphatic rings. The SMILES string of the molecule is CCOc1ccccc1OC(=O)c1ccc(OC)c(S(=O)(=O)N(C)Cc2ccccc2)c1. The van der Waals surface area contributed by atoms with Gasteiger partial charge >= 0.3 is 5.97 Å². The van der Waals surface area contributed by atoms with Gasteiger partial charge in [0.1, 0.15) is 10.6 Å². The summed E-state index contributed by atoms with van der Waals surface area (Å²) in [6.07, 6.45) is 0. The standard InChI is InChI=1S/C24H25NO6S/c1-4-30-20-12-8-9-13-21(20)31-24(26)19-14-15-22(29-3)23(16-19)32(27,28)25(2)17-18-10-6-5-7-11-18/h5-16H,4,17H2,1-3H3. The summed E-state index contributed by atoms with van der Waals surface area (Å²) in [4.78, 5) is 12.7. The summed E-state index contributed by atoms with van der Waals surface area (Å²) >= 11 is 0. The van der Waals surface area contributed by atoms with Gasteiger partial charge < -0.3 is 14.2 Å². The van der Waals surface area contributed by atoms with Gasteiger partial charge in [0.05, 0.1) is 19.3 Å². The summed E-state index contributed by atoms with van der Waals surface area (Å²) in [7, 11) is -1.10. The molecule has 32 heavy (non-hydrogen) atoms. The first-order valence-corrected chi connectivity index (χ1v) is 11.4. The Morgan fingerprint density at radius 1 is 0.906 bits per heavy atom. The molecule has 0 N–H and O–H groups in total. The minimum atomic E-state index is -3.95. The monoisotopic (exact) mass is 455 g/mol. The maximum atomic E-state index is 13.3. The third-order valence-electron chi connectivity index (χ3n) is 4.69. The molecule has 0 aliphatic heterocycles. The zero-order valence-corrected chi connectivity index (χ0v) is 19.0. The van der Waals surface area contributed by atoms with E-state index >= 15 is 0 Å². The Bertz CT molecular complexity index is 1180. The Labute approximate surface area is 188 Å². The van der Waals surface area contributed by atoms with Crippen molar-refractivity contribution in [2.75, 3.05) is 20.8 Å². The Morgan fingerprint density at radius 2 is 1.56 bits per heavy atom. The summed E-state index contributed by atoms with van der Waals surface area (Å²) < 4.78 is 43.9. The third kappa shape index (κ3) is 5.27. The summed E-state index contributed by atoms with van der Waals surface area (Å²) in [5.41, 5.74) is 0.907. The van der Waals surface area contributed by atoms with Crippen LogP contribution in [0.1, 0.15) is 22.8 Å². The van der Waals surface area contributed by atoms with Crippen LogP contribution in [0.4, 0.5) is 0 Å². The molecule has 0 aliphatic carbocycles. The number of nitrogens with zero attached hydrogens (tertiary/aromatic N) is 1. The van der Waals surface area contributed by atoms with Crippen LogP contribution in [0.25, 0.3) is 0 Å². The Hall–Kier alpha value is -3.36. The zero-order chi connectivity index (χ0) is 23.1. The van der Waals surface area contributed by atoms with Gasteiger partial charge in [-0.2, -0.15) is 4.31 Å². The highest BCUT2D eigenvalue weighted by molar-refractivity contribution is 7.89. The molecule has 0 saturated carbocycles. The second-order valence-corrected chi connectivity index (χ2v) is 8.89. The van der Waals surface area contributed by atoms with Crippen LogP contribution >= 0.6 is 0 Å². The zero-order valence-electron chi connectivity index (χ0n) is 18.1. The topological polar surface area (TPSA) is 82.1 Å². The van der Waals surface area contributed by atoms with E-state index in [0.29, 0.717) is 12.4 Å². The molecule has 0 heterocycles. The van der Waals surface area contributed by atoms with Crippen LogP contribution in [0.3, 0.4) is 0 Å². The predicted octanol–water partition coefficient (Wildman–Crippen LogP) is 4.13. The maximum Gasteiger partial charge on any atom is 0.343 e. The summed E-state index contributed by atoms with van der Waals surface area (Å²) in [6.45, 7) is 2.40. The van der Waals surface area contributed by atoms with E-state index in [2.05, 4.69) is 0 Å². The number of carbonyl (C=O) groups excluding carboxylic acids is 1. The summed E-state index contributed by atoms with van der Waals surface area (Å²) in [5, 5.41) is 0. The van der Waals surface area contributed by atoms with Gasteiger partial charge in [0, 0.05) is 13.6 Å². The number of methoxy groups -OCH3 is 1. The Balaban J connectivity index is 1.90. The van der Waals surface area contributed by atoms with Gasteiger partial charge in [-0.3, -0.25) is 0 Å². The second kappa shape index (κ2) is 10.3. The molecule has 3 aromatic rings. The lowest BCUT2D eigenvalue weighted by molar-refractivity contribution is 0.0728. The van der Waals surface area contributed by atoms with Crippen molar-refractivity contribution < 1.29 is 27.4 Å². The molecule has 3 rings (SSSR count). The van der Waals surface area contributed by atoms with Gasteiger partial charge in [0.2, 0.25) is 10.0 Å². The van der Waals surface area contributed by atoms with Crippen LogP contribution in [0.15, 0.2) is 77.7 Å². The number of benzene rings is 3. The van der Waals surface area contributed by atoms with Crippen molar-refractivity contribution in [3.8, 4) is 17.2 Å². The molecule has 0 atom stereocenters. The van der Waals surface area contributed by atoms with Crippen LogP contribution in [0.5, 0.6) is 17.2 Å². The molecule has 0 aromatic heterocycles. The highest BCUT2D eigenvalue weighted by Gasteiger charge is 2.27. The molecule has 0 radical (unpaired) electrons. The molecule has 3 aromatic carbocycles. The van der Waals surface area contributed by atoms with E-state index in [1.165, 1.54) is 36.7 Å². The van der Waals surface area contributed by atoms with Gasteiger partial charge in [0.15, 0.2) is 11.5 Å². The van der Waals surface area contributed by atoms with Crippen molar-refractivity contribution in [1.82, 2.24) is 4.31 Å². The maximum absolute atomic E-state index is 13.3. The number of esters is 1. The largest absolute Gasteiger partial charge is 0.495 e. The van der Waals surface area contributed by atoms with Crippen LogP contribution in [-0.2, 0) is 16.6 Å². The number of sulfonamides is 1. The summed E-state index contributed by atoms with van der Waals surface area (Å²) in [6, 6.07) is 20.2. The van der Waals surface area contributed by atoms with Crippen molar-refractivity contribution in [3.05, 3.63) is 83.9 Å². The van der Waals surface area contributed by atoms with Crippen molar-refractivity contribution in [1.29, 1.82) is 0 Å². The van der Waals surface area contributed by atoms with Crippen molar-refractivity contribution in [2.24, 2.45) is 0 Å². The Kier molecular flexibility index (Phi) is 7.50. The molecule has 0 saturated heterocycles. The lowest BCUT2D eigenvalue weighted by Gasteiger charge is -2.19. The smallest absolute Gasteiger partial charge is 0.343 e. The second-order valence-electron chi connectivity index (χ2n) is 6.88. The molecule has 0 fully saturated rings.